The molecule has 0 radical (unpaired) electrons. The second-order valence-corrected chi connectivity index (χ2v) is 8.16. The second kappa shape index (κ2) is 18.7. The Morgan fingerprint density at radius 2 is 1.32 bits per heavy atom. The molecule has 0 fully saturated rings. The monoisotopic (exact) mass is 430 g/mol. The van der Waals surface area contributed by atoms with Gasteiger partial charge in [-0.1, -0.05) is 88.6 Å². The first-order valence-corrected chi connectivity index (χ1v) is 12.2. The molecule has 1 unspecified atom stereocenters. The maximum atomic E-state index is 11.9. The van der Waals surface area contributed by atoms with E-state index in [-0.39, 0.29) is 5.97 Å². The molecule has 1 rings (SSSR count). The number of rotatable bonds is 18. The maximum absolute atomic E-state index is 11.9. The third kappa shape index (κ3) is 15.4. The van der Waals surface area contributed by atoms with Crippen molar-refractivity contribution in [1.29, 1.82) is 0 Å². The lowest BCUT2D eigenvalue weighted by molar-refractivity contribution is -0.165. The fraction of sp³-hybridized carbons (Fsp3) is 0.630. The minimum atomic E-state index is -0.872. The number of unbranched alkanes of at least 4 members (excludes halogenated alkanes) is 11. The molecule has 1 aromatic carbocycles. The van der Waals surface area contributed by atoms with E-state index in [9.17, 15) is 9.59 Å². The number of carbonyl (C=O) groups excluding carboxylic acids is 2. The van der Waals surface area contributed by atoms with Gasteiger partial charge in [-0.05, 0) is 44.2 Å². The van der Waals surface area contributed by atoms with Gasteiger partial charge >= 0.3 is 11.9 Å². The molecular weight excluding hydrogens is 388 g/mol. The van der Waals surface area contributed by atoms with Crippen molar-refractivity contribution >= 4 is 11.9 Å². The van der Waals surface area contributed by atoms with Crippen molar-refractivity contribution in [3.8, 4) is 0 Å². The third-order valence-corrected chi connectivity index (χ3v) is 5.22. The Bertz CT molecular complexity index is 609. The van der Waals surface area contributed by atoms with Gasteiger partial charge in [-0.15, -0.1) is 0 Å². The van der Waals surface area contributed by atoms with Crippen LogP contribution in [0.25, 0.3) is 0 Å². The van der Waals surface area contributed by atoms with Crippen LogP contribution in [0.15, 0.2) is 42.5 Å². The highest BCUT2D eigenvalue weighted by Crippen LogP contribution is 2.11. The Labute approximate surface area is 189 Å². The molecule has 0 aliphatic carbocycles. The van der Waals surface area contributed by atoms with Gasteiger partial charge in [0.05, 0.1) is 5.56 Å². The molecule has 31 heavy (non-hydrogen) atoms. The van der Waals surface area contributed by atoms with E-state index in [2.05, 4.69) is 19.1 Å². The maximum Gasteiger partial charge on any atom is 0.341 e. The van der Waals surface area contributed by atoms with Crippen molar-refractivity contribution in [3.05, 3.63) is 48.0 Å². The summed E-state index contributed by atoms with van der Waals surface area (Å²) in [4.78, 5) is 23.8. The molecule has 174 valence electrons. The lowest BCUT2D eigenvalue weighted by Crippen LogP contribution is -2.21. The summed E-state index contributed by atoms with van der Waals surface area (Å²) >= 11 is 0. The number of ether oxygens (including phenoxy) is 2. The Hall–Kier alpha value is -2.10. The number of esters is 2. The summed E-state index contributed by atoms with van der Waals surface area (Å²) in [7, 11) is 0. The van der Waals surface area contributed by atoms with Crippen LogP contribution in [0.3, 0.4) is 0 Å². The van der Waals surface area contributed by atoms with Gasteiger partial charge in [-0.3, -0.25) is 4.79 Å². The molecule has 4 heteroatoms. The first kappa shape index (κ1) is 26.9. The molecule has 0 saturated carbocycles. The molecule has 0 aromatic heterocycles. The van der Waals surface area contributed by atoms with Crippen LogP contribution in [0, 0.1) is 0 Å². The smallest absolute Gasteiger partial charge is 0.341 e. The van der Waals surface area contributed by atoms with Crippen LogP contribution in [0.4, 0.5) is 0 Å². The zero-order valence-corrected chi connectivity index (χ0v) is 19.7. The van der Waals surface area contributed by atoms with Crippen molar-refractivity contribution in [1.82, 2.24) is 0 Å². The van der Waals surface area contributed by atoms with Crippen LogP contribution in [0.2, 0.25) is 0 Å². The highest BCUT2D eigenvalue weighted by atomic mass is 16.7. The van der Waals surface area contributed by atoms with Crippen molar-refractivity contribution in [2.24, 2.45) is 0 Å². The number of hydrogen-bond acceptors (Lipinski definition) is 4. The summed E-state index contributed by atoms with van der Waals surface area (Å²) in [6.45, 7) is 3.82. The Morgan fingerprint density at radius 1 is 0.774 bits per heavy atom. The Balaban J connectivity index is 1.93. The van der Waals surface area contributed by atoms with Crippen LogP contribution in [0.5, 0.6) is 0 Å². The zero-order valence-electron chi connectivity index (χ0n) is 19.7. The second-order valence-electron chi connectivity index (χ2n) is 8.16. The van der Waals surface area contributed by atoms with E-state index in [1.165, 1.54) is 57.8 Å². The van der Waals surface area contributed by atoms with Gasteiger partial charge < -0.3 is 9.47 Å². The predicted octanol–water partition coefficient (Wildman–Crippen LogP) is 7.77. The van der Waals surface area contributed by atoms with E-state index < -0.39 is 12.3 Å². The third-order valence-electron chi connectivity index (χ3n) is 5.22. The van der Waals surface area contributed by atoms with Crippen LogP contribution < -0.4 is 0 Å². The summed E-state index contributed by atoms with van der Waals surface area (Å²) in [5.74, 6) is -0.798. The predicted molar refractivity (Wildman–Crippen MR) is 127 cm³/mol. The van der Waals surface area contributed by atoms with Crippen molar-refractivity contribution in [3.63, 3.8) is 0 Å². The summed E-state index contributed by atoms with van der Waals surface area (Å²) < 4.78 is 10.3. The topological polar surface area (TPSA) is 52.6 Å². The largest absolute Gasteiger partial charge is 0.425 e. The summed E-state index contributed by atoms with van der Waals surface area (Å²) in [6.07, 6.45) is 20.0. The van der Waals surface area contributed by atoms with Gasteiger partial charge in [0.2, 0.25) is 6.29 Å². The lowest BCUT2D eigenvalue weighted by Gasteiger charge is -2.14. The molecule has 1 atom stereocenters. The molecule has 0 aliphatic heterocycles. The summed E-state index contributed by atoms with van der Waals surface area (Å²) in [6, 6.07) is 8.69. The Kier molecular flexibility index (Phi) is 16.2. The van der Waals surface area contributed by atoms with E-state index in [1.54, 1.807) is 31.2 Å². The van der Waals surface area contributed by atoms with E-state index in [1.807, 2.05) is 6.07 Å². The van der Waals surface area contributed by atoms with Gasteiger partial charge in [0.15, 0.2) is 0 Å². The molecule has 0 heterocycles. The fourth-order valence-electron chi connectivity index (χ4n) is 3.40. The summed E-state index contributed by atoms with van der Waals surface area (Å²) in [5, 5.41) is 0. The zero-order chi connectivity index (χ0) is 22.6. The van der Waals surface area contributed by atoms with Crippen LogP contribution in [0.1, 0.15) is 114 Å². The highest BCUT2D eigenvalue weighted by molar-refractivity contribution is 5.89. The molecule has 4 nitrogen and oxygen atoms in total. The molecule has 0 amide bonds. The summed E-state index contributed by atoms with van der Waals surface area (Å²) in [5.41, 5.74) is 0.447. The minimum absolute atomic E-state index is 0.314. The number of hydrogen-bond donors (Lipinski definition) is 0. The molecule has 0 aliphatic rings. The first-order chi connectivity index (χ1) is 15.1. The van der Waals surface area contributed by atoms with Crippen molar-refractivity contribution < 1.29 is 19.1 Å². The lowest BCUT2D eigenvalue weighted by atomic mass is 10.1. The number of carbonyl (C=O) groups is 2. The Morgan fingerprint density at radius 3 is 1.94 bits per heavy atom. The molecule has 0 bridgehead atoms. The molecule has 0 spiro atoms. The normalized spacial score (nSPS) is 12.1. The van der Waals surface area contributed by atoms with Gasteiger partial charge in [-0.25, -0.2) is 4.79 Å². The van der Waals surface area contributed by atoms with Crippen LogP contribution >= 0.6 is 0 Å². The van der Waals surface area contributed by atoms with Crippen LogP contribution in [-0.4, -0.2) is 18.2 Å². The van der Waals surface area contributed by atoms with Gasteiger partial charge in [0.1, 0.15) is 0 Å². The number of allylic oxidation sites excluding steroid dienone is 2. The van der Waals surface area contributed by atoms with Crippen molar-refractivity contribution in [2.75, 3.05) is 0 Å². The fourth-order valence-corrected chi connectivity index (χ4v) is 3.40. The van der Waals surface area contributed by atoms with E-state index >= 15 is 0 Å². The van der Waals surface area contributed by atoms with Gasteiger partial charge in [0.25, 0.3) is 0 Å². The minimum Gasteiger partial charge on any atom is -0.425 e. The van der Waals surface area contributed by atoms with E-state index in [4.69, 9.17) is 9.47 Å². The SMILES string of the molecule is CCCCCCCCC=CCCCCCCCC(=O)OC(C)OC(=O)c1ccccc1. The molecular formula is C27H42O4. The first-order valence-electron chi connectivity index (χ1n) is 12.2. The van der Waals surface area contributed by atoms with Crippen molar-refractivity contribution in [2.45, 2.75) is 110 Å². The quantitative estimate of drug-likeness (QED) is 0.103. The molecule has 0 saturated heterocycles. The highest BCUT2D eigenvalue weighted by Gasteiger charge is 2.15. The molecule has 0 N–H and O–H groups in total. The number of benzene rings is 1. The van der Waals surface area contributed by atoms with E-state index in [0.717, 1.165) is 25.7 Å². The standard InChI is InChI=1S/C27H42O4/c1-3-4-5-6-7-8-9-10-11-12-13-14-15-16-20-23-26(28)30-24(2)31-27(29)25-21-18-17-19-22-25/h10-11,17-19,21-22,24H,3-9,12-16,20,23H2,1-2H3. The average molecular weight is 431 g/mol. The van der Waals surface area contributed by atoms with E-state index in [0.29, 0.717) is 12.0 Å². The average Bonchev–Trinajstić information content (AvgIpc) is 2.77. The van der Waals surface area contributed by atoms with Gasteiger partial charge in [-0.2, -0.15) is 0 Å². The van der Waals surface area contributed by atoms with Crippen LogP contribution in [-0.2, 0) is 14.3 Å². The molecule has 1 aromatic rings. The van der Waals surface area contributed by atoms with Gasteiger partial charge in [0, 0.05) is 13.3 Å².